The van der Waals surface area contributed by atoms with Gasteiger partial charge in [-0.2, -0.15) is 0 Å². The first-order valence-corrected chi connectivity index (χ1v) is 5.88. The molecule has 1 aromatic carbocycles. The van der Waals surface area contributed by atoms with Crippen molar-refractivity contribution in [1.29, 1.82) is 0 Å². The van der Waals surface area contributed by atoms with E-state index in [1.807, 2.05) is 0 Å². The van der Waals surface area contributed by atoms with Crippen LogP contribution in [0.1, 0.15) is 0 Å². The van der Waals surface area contributed by atoms with Crippen LogP contribution in [-0.2, 0) is 0 Å². The normalized spacial score (nSPS) is 10.5. The fourth-order valence-corrected chi connectivity index (χ4v) is 1.99. The van der Waals surface area contributed by atoms with Crippen LogP contribution in [0.25, 0.3) is 11.4 Å². The number of aromatic nitrogens is 2. The van der Waals surface area contributed by atoms with E-state index in [-0.39, 0.29) is 26.9 Å². The lowest BCUT2D eigenvalue weighted by atomic mass is 10.2. The van der Waals surface area contributed by atoms with Gasteiger partial charge in [0.2, 0.25) is 0 Å². The second-order valence-electron chi connectivity index (χ2n) is 3.29. The molecule has 0 unspecified atom stereocenters. The average molecular weight is 308 g/mol. The molecule has 1 aromatic heterocycles. The Labute approximate surface area is 117 Å². The van der Waals surface area contributed by atoms with Gasteiger partial charge in [0.05, 0.1) is 12.1 Å². The van der Waals surface area contributed by atoms with E-state index in [1.165, 1.54) is 19.2 Å². The first-order valence-electron chi connectivity index (χ1n) is 4.75. The minimum Gasteiger partial charge on any atom is -0.491 e. The third-order valence-corrected chi connectivity index (χ3v) is 2.98. The third-order valence-electron chi connectivity index (χ3n) is 2.16. The van der Waals surface area contributed by atoms with Crippen LogP contribution in [0.2, 0.25) is 15.3 Å². The zero-order chi connectivity index (χ0) is 13.3. The molecular formula is C11H6Cl3FN2O. The zero-order valence-electron chi connectivity index (χ0n) is 9.05. The molecule has 0 amide bonds. The maximum atomic E-state index is 13.3. The molecule has 1 heterocycles. The summed E-state index contributed by atoms with van der Waals surface area (Å²) in [4.78, 5) is 7.96. The van der Waals surface area contributed by atoms with Crippen molar-refractivity contribution >= 4 is 34.8 Å². The molecule has 2 rings (SSSR count). The topological polar surface area (TPSA) is 35.0 Å². The van der Waals surface area contributed by atoms with Crippen LogP contribution in [-0.4, -0.2) is 17.1 Å². The highest BCUT2D eigenvalue weighted by molar-refractivity contribution is 6.35. The average Bonchev–Trinajstić information content (AvgIpc) is 2.32. The number of halogens is 4. The maximum absolute atomic E-state index is 13.3. The van der Waals surface area contributed by atoms with Crippen molar-refractivity contribution < 1.29 is 9.13 Å². The van der Waals surface area contributed by atoms with E-state index in [0.29, 0.717) is 5.56 Å². The lowest BCUT2D eigenvalue weighted by Gasteiger charge is -2.07. The molecule has 7 heteroatoms. The van der Waals surface area contributed by atoms with Crippen LogP contribution < -0.4 is 4.74 Å². The smallest absolute Gasteiger partial charge is 0.193 e. The van der Waals surface area contributed by atoms with Crippen LogP contribution in [0.3, 0.4) is 0 Å². The molecule has 0 aliphatic heterocycles. The standard InChI is InChI=1S/C11H6Cl3FN2O/c1-18-8-9(13)16-11(17-10(8)14)5-2-3-6(12)7(15)4-5/h2-4H,1H3. The Balaban J connectivity index is 2.54. The number of hydrogen-bond acceptors (Lipinski definition) is 3. The summed E-state index contributed by atoms with van der Waals surface area (Å²) in [6.45, 7) is 0. The van der Waals surface area contributed by atoms with Crippen LogP contribution in [0.4, 0.5) is 4.39 Å². The van der Waals surface area contributed by atoms with Crippen molar-refractivity contribution in [3.05, 3.63) is 39.3 Å². The predicted molar refractivity (Wildman–Crippen MR) is 69.0 cm³/mol. The number of benzene rings is 1. The Morgan fingerprint density at radius 1 is 1.11 bits per heavy atom. The Bertz CT molecular complexity index is 584. The first-order chi connectivity index (χ1) is 8.52. The highest BCUT2D eigenvalue weighted by atomic mass is 35.5. The third kappa shape index (κ3) is 2.51. The van der Waals surface area contributed by atoms with Gasteiger partial charge in [-0.25, -0.2) is 14.4 Å². The van der Waals surface area contributed by atoms with E-state index in [2.05, 4.69) is 9.97 Å². The van der Waals surface area contributed by atoms with Crippen molar-refractivity contribution in [3.63, 3.8) is 0 Å². The lowest BCUT2D eigenvalue weighted by molar-refractivity contribution is 0.411. The van der Waals surface area contributed by atoms with E-state index in [9.17, 15) is 4.39 Å². The number of rotatable bonds is 2. The van der Waals surface area contributed by atoms with Gasteiger partial charge in [0.25, 0.3) is 0 Å². The van der Waals surface area contributed by atoms with Gasteiger partial charge in [-0.1, -0.05) is 34.8 Å². The van der Waals surface area contributed by atoms with Crippen molar-refractivity contribution in [2.75, 3.05) is 7.11 Å². The number of hydrogen-bond donors (Lipinski definition) is 0. The SMILES string of the molecule is COc1c(Cl)nc(-c2ccc(Cl)c(F)c2)nc1Cl. The molecule has 0 aliphatic carbocycles. The number of methoxy groups -OCH3 is 1. The first kappa shape index (κ1) is 13.3. The van der Waals surface area contributed by atoms with E-state index in [0.717, 1.165) is 0 Å². The van der Waals surface area contributed by atoms with Gasteiger partial charge in [0, 0.05) is 5.56 Å². The summed E-state index contributed by atoms with van der Waals surface area (Å²) in [5.74, 6) is -0.196. The summed E-state index contributed by atoms with van der Waals surface area (Å²) in [7, 11) is 1.40. The Kier molecular flexibility index (Phi) is 3.90. The van der Waals surface area contributed by atoms with Gasteiger partial charge in [-0.15, -0.1) is 0 Å². The summed E-state index contributed by atoms with van der Waals surface area (Å²) in [6.07, 6.45) is 0. The van der Waals surface area contributed by atoms with E-state index >= 15 is 0 Å². The van der Waals surface area contributed by atoms with Crippen molar-refractivity contribution in [3.8, 4) is 17.1 Å². The summed E-state index contributed by atoms with van der Waals surface area (Å²) < 4.78 is 18.3. The molecule has 94 valence electrons. The van der Waals surface area contributed by atoms with Crippen LogP contribution in [0.5, 0.6) is 5.75 Å². The minimum absolute atomic E-state index is 0.0180. The van der Waals surface area contributed by atoms with Crippen LogP contribution in [0, 0.1) is 5.82 Å². The van der Waals surface area contributed by atoms with Gasteiger partial charge >= 0.3 is 0 Å². The van der Waals surface area contributed by atoms with Gasteiger partial charge in [-0.3, -0.25) is 0 Å². The predicted octanol–water partition coefficient (Wildman–Crippen LogP) is 4.25. The molecule has 0 aliphatic rings. The summed E-state index contributed by atoms with van der Waals surface area (Å²) >= 11 is 17.3. The molecule has 2 aromatic rings. The molecule has 0 fully saturated rings. The summed E-state index contributed by atoms with van der Waals surface area (Å²) in [6, 6.07) is 4.18. The van der Waals surface area contributed by atoms with Gasteiger partial charge in [-0.05, 0) is 18.2 Å². The molecule has 0 radical (unpaired) electrons. The Morgan fingerprint density at radius 3 is 2.22 bits per heavy atom. The fraction of sp³-hybridized carbons (Fsp3) is 0.0909. The highest BCUT2D eigenvalue weighted by Crippen LogP contribution is 2.32. The Hall–Kier alpha value is -1.10. The Morgan fingerprint density at radius 2 is 1.72 bits per heavy atom. The maximum Gasteiger partial charge on any atom is 0.193 e. The van der Waals surface area contributed by atoms with Crippen molar-refractivity contribution in [1.82, 2.24) is 9.97 Å². The summed E-state index contributed by atoms with van der Waals surface area (Å²) in [5, 5.41) is 0.134. The second-order valence-corrected chi connectivity index (χ2v) is 4.41. The van der Waals surface area contributed by atoms with Crippen molar-refractivity contribution in [2.45, 2.75) is 0 Å². The molecule has 0 N–H and O–H groups in total. The van der Waals surface area contributed by atoms with Crippen LogP contribution in [0.15, 0.2) is 18.2 Å². The van der Waals surface area contributed by atoms with E-state index < -0.39 is 5.82 Å². The second kappa shape index (κ2) is 5.26. The largest absolute Gasteiger partial charge is 0.491 e. The molecule has 0 spiro atoms. The fourth-order valence-electron chi connectivity index (χ4n) is 1.33. The highest BCUT2D eigenvalue weighted by Gasteiger charge is 2.14. The lowest BCUT2D eigenvalue weighted by Crippen LogP contribution is -1.96. The van der Waals surface area contributed by atoms with E-state index in [4.69, 9.17) is 39.5 Å². The minimum atomic E-state index is -0.569. The molecule has 3 nitrogen and oxygen atoms in total. The quantitative estimate of drug-likeness (QED) is 0.778. The number of ether oxygens (including phenoxy) is 1. The number of nitrogens with zero attached hydrogens (tertiary/aromatic N) is 2. The van der Waals surface area contributed by atoms with Crippen LogP contribution >= 0.6 is 34.8 Å². The van der Waals surface area contributed by atoms with Crippen molar-refractivity contribution in [2.24, 2.45) is 0 Å². The zero-order valence-corrected chi connectivity index (χ0v) is 11.3. The molecule has 18 heavy (non-hydrogen) atoms. The molecule has 0 atom stereocenters. The summed E-state index contributed by atoms with van der Waals surface area (Å²) in [5.41, 5.74) is 0.420. The van der Waals surface area contributed by atoms with Gasteiger partial charge in [0.1, 0.15) is 5.82 Å². The molecule has 0 saturated heterocycles. The molecule has 0 bridgehead atoms. The monoisotopic (exact) mass is 306 g/mol. The van der Waals surface area contributed by atoms with Gasteiger partial charge < -0.3 is 4.74 Å². The molecular weight excluding hydrogens is 301 g/mol. The molecule has 0 saturated carbocycles. The van der Waals surface area contributed by atoms with E-state index in [1.54, 1.807) is 6.07 Å². The van der Waals surface area contributed by atoms with Gasteiger partial charge in [0.15, 0.2) is 21.9 Å².